The summed E-state index contributed by atoms with van der Waals surface area (Å²) < 4.78 is 27.5. The van der Waals surface area contributed by atoms with Gasteiger partial charge in [0.25, 0.3) is 0 Å². The van der Waals surface area contributed by atoms with Crippen LogP contribution in [-0.4, -0.2) is 70.7 Å². The summed E-state index contributed by atoms with van der Waals surface area (Å²) in [5, 5.41) is 3.11. The number of ether oxygens (including phenoxy) is 5. The Bertz CT molecular complexity index is 687. The Morgan fingerprint density at radius 1 is 0.935 bits per heavy atom. The summed E-state index contributed by atoms with van der Waals surface area (Å²) in [6.45, 7) is 8.39. The molecule has 0 amide bonds. The molecule has 12 heteroatoms. The molecule has 0 aromatic carbocycles. The van der Waals surface area contributed by atoms with Crippen LogP contribution in [0.2, 0.25) is 0 Å². The Morgan fingerprint density at radius 2 is 1.45 bits per heavy atom. The van der Waals surface area contributed by atoms with E-state index in [2.05, 4.69) is 5.32 Å². The molecule has 10 nitrogen and oxygen atoms in total. The second kappa shape index (κ2) is 12.8. The average Bonchev–Trinajstić information content (AvgIpc) is 2.63. The molecular weight excluding hydrogens is 450 g/mol. The molecule has 0 bridgehead atoms. The minimum Gasteiger partial charge on any atom is -0.463 e. The van der Waals surface area contributed by atoms with Gasteiger partial charge >= 0.3 is 23.9 Å². The second-order valence-electron chi connectivity index (χ2n) is 6.93. The first-order valence-corrected chi connectivity index (χ1v) is 11.0. The van der Waals surface area contributed by atoms with Crippen LogP contribution in [0.25, 0.3) is 0 Å². The zero-order chi connectivity index (χ0) is 23.7. The summed E-state index contributed by atoms with van der Waals surface area (Å²) in [5.41, 5.74) is -0.926. The van der Waals surface area contributed by atoms with E-state index in [4.69, 9.17) is 35.9 Å². The largest absolute Gasteiger partial charge is 0.463 e. The Balaban J connectivity index is 3.29. The maximum atomic E-state index is 11.8. The smallest absolute Gasteiger partial charge is 0.303 e. The SMILES string of the molecule is CCC(C)NC(=S)S[C@@H]1O[C@H](COC(C)=O)[C@@H](OC(C)=O)[C@H](OC(C)=O)[C@H]1OC(C)=O. The molecule has 0 spiro atoms. The van der Waals surface area contributed by atoms with E-state index in [9.17, 15) is 19.2 Å². The van der Waals surface area contributed by atoms with E-state index in [-0.39, 0.29) is 12.6 Å². The molecule has 1 N–H and O–H groups in total. The van der Waals surface area contributed by atoms with Crippen LogP contribution < -0.4 is 5.32 Å². The van der Waals surface area contributed by atoms with Crippen molar-refractivity contribution in [2.45, 2.75) is 83.9 Å². The van der Waals surface area contributed by atoms with Crippen LogP contribution >= 0.6 is 24.0 Å². The molecule has 0 aromatic rings. The number of hydrogen-bond donors (Lipinski definition) is 1. The van der Waals surface area contributed by atoms with E-state index in [0.717, 1.165) is 18.2 Å². The summed E-state index contributed by atoms with van der Waals surface area (Å²) in [7, 11) is 0. The number of thiocarbonyl (C=S) groups is 1. The first-order chi connectivity index (χ1) is 14.4. The Morgan fingerprint density at radius 3 is 1.94 bits per heavy atom. The molecule has 1 heterocycles. The van der Waals surface area contributed by atoms with Gasteiger partial charge in [-0.15, -0.1) is 0 Å². The fourth-order valence-corrected chi connectivity index (χ4v) is 4.24. The number of rotatable bonds is 8. The van der Waals surface area contributed by atoms with Crippen molar-refractivity contribution in [1.29, 1.82) is 0 Å². The first kappa shape index (κ1) is 27.1. The lowest BCUT2D eigenvalue weighted by Gasteiger charge is -2.44. The molecule has 0 aromatic heterocycles. The highest BCUT2D eigenvalue weighted by Crippen LogP contribution is 2.34. The molecule has 1 unspecified atom stereocenters. The number of esters is 4. The molecule has 1 saturated heterocycles. The molecule has 1 fully saturated rings. The average molecular weight is 480 g/mol. The molecule has 0 aliphatic carbocycles. The van der Waals surface area contributed by atoms with Crippen LogP contribution in [0.15, 0.2) is 0 Å². The minimum atomic E-state index is -1.21. The van der Waals surface area contributed by atoms with E-state index in [0.29, 0.717) is 4.32 Å². The van der Waals surface area contributed by atoms with Gasteiger partial charge in [0.15, 0.2) is 23.7 Å². The van der Waals surface area contributed by atoms with Crippen molar-refractivity contribution >= 4 is 52.2 Å². The molecule has 0 saturated carbocycles. The zero-order valence-corrected chi connectivity index (χ0v) is 20.0. The van der Waals surface area contributed by atoms with Crippen LogP contribution in [0, 0.1) is 0 Å². The van der Waals surface area contributed by atoms with Crippen molar-refractivity contribution in [3.63, 3.8) is 0 Å². The number of nitrogens with one attached hydrogen (secondary N) is 1. The van der Waals surface area contributed by atoms with Gasteiger partial charge in [-0.05, 0) is 13.3 Å². The minimum absolute atomic E-state index is 0.0886. The van der Waals surface area contributed by atoms with E-state index < -0.39 is 53.7 Å². The monoisotopic (exact) mass is 479 g/mol. The Kier molecular flexibility index (Phi) is 11.2. The van der Waals surface area contributed by atoms with E-state index >= 15 is 0 Å². The number of thioether (sulfide) groups is 1. The van der Waals surface area contributed by atoms with Crippen LogP contribution in [0.1, 0.15) is 48.0 Å². The lowest BCUT2D eigenvalue weighted by molar-refractivity contribution is -0.237. The van der Waals surface area contributed by atoms with Crippen molar-refractivity contribution < 1.29 is 42.9 Å². The second-order valence-corrected chi connectivity index (χ2v) is 8.70. The summed E-state index contributed by atoms with van der Waals surface area (Å²) in [4.78, 5) is 46.6. The molecule has 1 aliphatic heterocycles. The van der Waals surface area contributed by atoms with Crippen molar-refractivity contribution in [3.8, 4) is 0 Å². The summed E-state index contributed by atoms with van der Waals surface area (Å²) in [5.74, 6) is -2.59. The maximum Gasteiger partial charge on any atom is 0.303 e. The molecule has 1 rings (SSSR count). The lowest BCUT2D eigenvalue weighted by atomic mass is 9.99. The van der Waals surface area contributed by atoms with Gasteiger partial charge in [-0.25, -0.2) is 0 Å². The third kappa shape index (κ3) is 9.40. The summed E-state index contributed by atoms with van der Waals surface area (Å²) >= 11 is 6.42. The molecule has 176 valence electrons. The predicted molar refractivity (Wildman–Crippen MR) is 115 cm³/mol. The van der Waals surface area contributed by atoms with Crippen molar-refractivity contribution in [1.82, 2.24) is 5.32 Å². The van der Waals surface area contributed by atoms with Gasteiger partial charge in [-0.1, -0.05) is 30.9 Å². The van der Waals surface area contributed by atoms with Crippen molar-refractivity contribution in [3.05, 3.63) is 0 Å². The fourth-order valence-electron chi connectivity index (χ4n) is 2.73. The third-order valence-corrected chi connectivity index (χ3v) is 5.50. The van der Waals surface area contributed by atoms with E-state index in [1.807, 2.05) is 13.8 Å². The van der Waals surface area contributed by atoms with Crippen LogP contribution in [-0.2, 0) is 42.9 Å². The number of carbonyl (C=O) groups is 4. The van der Waals surface area contributed by atoms with Crippen LogP contribution in [0.3, 0.4) is 0 Å². The highest BCUT2D eigenvalue weighted by Gasteiger charge is 2.52. The van der Waals surface area contributed by atoms with Crippen LogP contribution in [0.4, 0.5) is 0 Å². The van der Waals surface area contributed by atoms with Crippen molar-refractivity contribution in [2.75, 3.05) is 6.61 Å². The highest BCUT2D eigenvalue weighted by molar-refractivity contribution is 8.23. The zero-order valence-electron chi connectivity index (χ0n) is 18.4. The van der Waals surface area contributed by atoms with Crippen LogP contribution in [0.5, 0.6) is 0 Å². The normalized spacial score (nSPS) is 26.2. The Labute approximate surface area is 191 Å². The standard InChI is InChI=1S/C19H29NO9S2/c1-7-9(2)20-19(30)31-18-17(28-13(6)24)16(27-12(5)23)15(26-11(4)22)14(29-18)8-25-10(3)21/h9,14-18H,7-8H2,1-6H3,(H,20,30)/t9?,14-,15-,16+,17-,18+/m1/s1. The van der Waals surface area contributed by atoms with Gasteiger partial charge < -0.3 is 29.0 Å². The lowest BCUT2D eigenvalue weighted by Crippen LogP contribution is -2.61. The molecule has 31 heavy (non-hydrogen) atoms. The predicted octanol–water partition coefficient (Wildman–Crippen LogP) is 1.48. The van der Waals surface area contributed by atoms with Gasteiger partial charge in [0.2, 0.25) is 0 Å². The first-order valence-electron chi connectivity index (χ1n) is 9.72. The third-order valence-electron chi connectivity index (χ3n) is 4.15. The van der Waals surface area contributed by atoms with Gasteiger partial charge in [0.1, 0.15) is 17.0 Å². The topological polar surface area (TPSA) is 126 Å². The van der Waals surface area contributed by atoms with E-state index in [1.54, 1.807) is 0 Å². The van der Waals surface area contributed by atoms with Gasteiger partial charge in [0.05, 0.1) is 0 Å². The maximum absolute atomic E-state index is 11.8. The molecule has 1 aliphatic rings. The number of carbonyl (C=O) groups excluding carboxylic acids is 4. The molecule has 0 radical (unpaired) electrons. The molecular formula is C19H29NO9S2. The quantitative estimate of drug-likeness (QED) is 0.308. The highest BCUT2D eigenvalue weighted by atomic mass is 32.2. The van der Waals surface area contributed by atoms with E-state index in [1.165, 1.54) is 27.7 Å². The van der Waals surface area contributed by atoms with Gasteiger partial charge in [0, 0.05) is 33.7 Å². The van der Waals surface area contributed by atoms with Crippen molar-refractivity contribution in [2.24, 2.45) is 0 Å². The van der Waals surface area contributed by atoms with Gasteiger partial charge in [-0.3, -0.25) is 19.2 Å². The fraction of sp³-hybridized carbons (Fsp3) is 0.737. The van der Waals surface area contributed by atoms with Gasteiger partial charge in [-0.2, -0.15) is 0 Å². The Hall–Kier alpha value is -1.92. The summed E-state index contributed by atoms with van der Waals surface area (Å²) in [6.07, 6.45) is -3.70. The summed E-state index contributed by atoms with van der Waals surface area (Å²) in [6, 6.07) is 0.0886. The molecule has 6 atom stereocenters. The number of hydrogen-bond acceptors (Lipinski definition) is 11.